The molecule has 2 nitrogen and oxygen atoms in total. The maximum atomic E-state index is 6.37. The minimum atomic E-state index is -0.0865. The van der Waals surface area contributed by atoms with E-state index in [9.17, 15) is 0 Å². The van der Waals surface area contributed by atoms with Crippen LogP contribution in [0.2, 0.25) is 0 Å². The maximum Gasteiger partial charge on any atom is 0.137 e. The molecular weight excluding hydrogens is 318 g/mol. The van der Waals surface area contributed by atoms with Crippen molar-refractivity contribution in [2.24, 2.45) is 0 Å². The minimum Gasteiger partial charge on any atom is -0.356 e. The SMILES string of the molecule is CC(C)OC(c1ccccc1)N(Cc1ccccc1)Cc1ccccc1. The molecule has 134 valence electrons. The maximum absolute atomic E-state index is 6.37. The first-order valence-corrected chi connectivity index (χ1v) is 9.24. The van der Waals surface area contributed by atoms with Gasteiger partial charge in [0.1, 0.15) is 6.23 Å². The highest BCUT2D eigenvalue weighted by molar-refractivity contribution is 5.21. The lowest BCUT2D eigenvalue weighted by Crippen LogP contribution is -2.31. The normalized spacial score (nSPS) is 12.5. The summed E-state index contributed by atoms with van der Waals surface area (Å²) in [6.45, 7) is 5.86. The second-order valence-electron chi connectivity index (χ2n) is 6.82. The van der Waals surface area contributed by atoms with Crippen LogP contribution in [-0.4, -0.2) is 11.0 Å². The Morgan fingerprint density at radius 2 is 1.08 bits per heavy atom. The average molecular weight is 345 g/mol. The number of benzene rings is 3. The summed E-state index contributed by atoms with van der Waals surface area (Å²) >= 11 is 0. The fourth-order valence-corrected chi connectivity index (χ4v) is 3.11. The zero-order valence-corrected chi connectivity index (χ0v) is 15.6. The van der Waals surface area contributed by atoms with Crippen LogP contribution in [0, 0.1) is 0 Å². The van der Waals surface area contributed by atoms with E-state index in [-0.39, 0.29) is 12.3 Å². The van der Waals surface area contributed by atoms with Crippen LogP contribution in [0.5, 0.6) is 0 Å². The van der Waals surface area contributed by atoms with Crippen molar-refractivity contribution in [2.75, 3.05) is 0 Å². The van der Waals surface area contributed by atoms with Gasteiger partial charge in [0, 0.05) is 13.1 Å². The van der Waals surface area contributed by atoms with E-state index in [1.807, 2.05) is 0 Å². The van der Waals surface area contributed by atoms with Crippen molar-refractivity contribution in [2.45, 2.75) is 39.3 Å². The van der Waals surface area contributed by atoms with Gasteiger partial charge in [-0.15, -0.1) is 0 Å². The zero-order chi connectivity index (χ0) is 18.2. The molecule has 0 amide bonds. The summed E-state index contributed by atoms with van der Waals surface area (Å²) in [5.74, 6) is 0. The van der Waals surface area contributed by atoms with E-state index in [2.05, 4.69) is 110 Å². The summed E-state index contributed by atoms with van der Waals surface area (Å²) in [5.41, 5.74) is 3.77. The van der Waals surface area contributed by atoms with Gasteiger partial charge in [-0.2, -0.15) is 0 Å². The molecule has 2 heteroatoms. The van der Waals surface area contributed by atoms with Gasteiger partial charge in [0.05, 0.1) is 6.10 Å². The first kappa shape index (κ1) is 18.4. The molecule has 0 saturated carbocycles. The molecule has 0 fully saturated rings. The summed E-state index contributed by atoms with van der Waals surface area (Å²) in [7, 11) is 0. The van der Waals surface area contributed by atoms with Crippen molar-refractivity contribution in [3.05, 3.63) is 108 Å². The molecule has 0 aliphatic heterocycles. The van der Waals surface area contributed by atoms with Crippen LogP contribution in [0.15, 0.2) is 91.0 Å². The largest absolute Gasteiger partial charge is 0.356 e. The monoisotopic (exact) mass is 345 g/mol. The number of ether oxygens (including phenoxy) is 1. The van der Waals surface area contributed by atoms with Crippen LogP contribution in [0.4, 0.5) is 0 Å². The molecule has 1 unspecified atom stereocenters. The topological polar surface area (TPSA) is 12.5 Å². The highest BCUT2D eigenvalue weighted by Crippen LogP contribution is 2.27. The number of hydrogen-bond donors (Lipinski definition) is 0. The number of hydrogen-bond acceptors (Lipinski definition) is 2. The van der Waals surface area contributed by atoms with Gasteiger partial charge in [-0.1, -0.05) is 91.0 Å². The van der Waals surface area contributed by atoms with E-state index in [0.717, 1.165) is 13.1 Å². The molecule has 0 saturated heterocycles. The summed E-state index contributed by atoms with van der Waals surface area (Å²) < 4.78 is 6.37. The van der Waals surface area contributed by atoms with Gasteiger partial charge in [-0.05, 0) is 30.5 Å². The second-order valence-corrected chi connectivity index (χ2v) is 6.82. The molecule has 3 aromatic rings. The lowest BCUT2D eigenvalue weighted by molar-refractivity contribution is -0.0994. The van der Waals surface area contributed by atoms with E-state index < -0.39 is 0 Å². The van der Waals surface area contributed by atoms with Gasteiger partial charge in [0.25, 0.3) is 0 Å². The van der Waals surface area contributed by atoms with Gasteiger partial charge >= 0.3 is 0 Å². The lowest BCUT2D eigenvalue weighted by Gasteiger charge is -2.33. The Morgan fingerprint density at radius 1 is 0.654 bits per heavy atom. The third kappa shape index (κ3) is 5.29. The number of rotatable bonds is 8. The van der Waals surface area contributed by atoms with Crippen molar-refractivity contribution in [3.8, 4) is 0 Å². The van der Waals surface area contributed by atoms with Gasteiger partial charge < -0.3 is 4.74 Å². The Balaban J connectivity index is 1.92. The predicted octanol–water partition coefficient (Wildman–Crippen LogP) is 5.81. The molecule has 0 aliphatic carbocycles. The van der Waals surface area contributed by atoms with Crippen molar-refractivity contribution in [1.82, 2.24) is 4.90 Å². The van der Waals surface area contributed by atoms with E-state index in [0.29, 0.717) is 0 Å². The van der Waals surface area contributed by atoms with Gasteiger partial charge in [0.15, 0.2) is 0 Å². The lowest BCUT2D eigenvalue weighted by atomic mass is 10.1. The van der Waals surface area contributed by atoms with Crippen LogP contribution in [0.25, 0.3) is 0 Å². The van der Waals surface area contributed by atoms with Crippen molar-refractivity contribution in [3.63, 3.8) is 0 Å². The summed E-state index contributed by atoms with van der Waals surface area (Å²) in [6, 6.07) is 31.7. The Morgan fingerprint density at radius 3 is 1.50 bits per heavy atom. The molecule has 3 aromatic carbocycles. The van der Waals surface area contributed by atoms with Crippen LogP contribution in [-0.2, 0) is 17.8 Å². The Labute approximate surface area is 157 Å². The van der Waals surface area contributed by atoms with Crippen LogP contribution in [0.1, 0.15) is 36.8 Å². The fraction of sp³-hybridized carbons (Fsp3) is 0.250. The molecule has 0 aromatic heterocycles. The van der Waals surface area contributed by atoms with E-state index in [4.69, 9.17) is 4.74 Å². The molecule has 1 atom stereocenters. The van der Waals surface area contributed by atoms with Gasteiger partial charge in [-0.3, -0.25) is 4.90 Å². The molecule has 26 heavy (non-hydrogen) atoms. The van der Waals surface area contributed by atoms with Crippen LogP contribution < -0.4 is 0 Å². The summed E-state index contributed by atoms with van der Waals surface area (Å²) in [6.07, 6.45) is 0.0610. The molecule has 0 heterocycles. The molecule has 0 radical (unpaired) electrons. The first-order chi connectivity index (χ1) is 12.7. The smallest absolute Gasteiger partial charge is 0.137 e. The van der Waals surface area contributed by atoms with Crippen molar-refractivity contribution < 1.29 is 4.74 Å². The third-order valence-corrected chi connectivity index (χ3v) is 4.27. The highest BCUT2D eigenvalue weighted by atomic mass is 16.5. The molecule has 0 bridgehead atoms. The first-order valence-electron chi connectivity index (χ1n) is 9.24. The number of nitrogens with zero attached hydrogens (tertiary/aromatic N) is 1. The molecule has 3 rings (SSSR count). The van der Waals surface area contributed by atoms with Gasteiger partial charge in [0.2, 0.25) is 0 Å². The van der Waals surface area contributed by atoms with Crippen molar-refractivity contribution in [1.29, 1.82) is 0 Å². The zero-order valence-electron chi connectivity index (χ0n) is 15.6. The average Bonchev–Trinajstić information content (AvgIpc) is 2.68. The molecular formula is C24H27NO. The summed E-state index contributed by atoms with van der Waals surface area (Å²) in [4.78, 5) is 2.40. The highest BCUT2D eigenvalue weighted by Gasteiger charge is 2.22. The fourth-order valence-electron chi connectivity index (χ4n) is 3.11. The summed E-state index contributed by atoms with van der Waals surface area (Å²) in [5, 5.41) is 0. The predicted molar refractivity (Wildman–Crippen MR) is 108 cm³/mol. The van der Waals surface area contributed by atoms with Crippen LogP contribution in [0.3, 0.4) is 0 Å². The minimum absolute atomic E-state index is 0.0865. The quantitative estimate of drug-likeness (QED) is 0.478. The van der Waals surface area contributed by atoms with Crippen LogP contribution >= 0.6 is 0 Å². The van der Waals surface area contributed by atoms with E-state index >= 15 is 0 Å². The van der Waals surface area contributed by atoms with E-state index in [1.54, 1.807) is 0 Å². The Bertz CT molecular complexity index is 714. The molecule has 0 N–H and O–H groups in total. The standard InChI is InChI=1S/C24H27NO/c1-20(2)26-24(23-16-10-5-11-17-23)25(18-21-12-6-3-7-13-21)19-22-14-8-4-9-15-22/h3-17,20,24H,18-19H2,1-2H3. The molecule has 0 spiro atoms. The van der Waals surface area contributed by atoms with Gasteiger partial charge in [-0.25, -0.2) is 0 Å². The second kappa shape index (κ2) is 9.33. The Hall–Kier alpha value is -2.42. The third-order valence-electron chi connectivity index (χ3n) is 4.27. The Kier molecular flexibility index (Phi) is 6.59. The van der Waals surface area contributed by atoms with Crippen molar-refractivity contribution >= 4 is 0 Å². The molecule has 0 aliphatic rings. The van der Waals surface area contributed by atoms with E-state index in [1.165, 1.54) is 16.7 Å².